The number of hydrogen-bond acceptors (Lipinski definition) is 4. The van der Waals surface area contributed by atoms with E-state index in [1.807, 2.05) is 55.6 Å². The molecule has 0 radical (unpaired) electrons. The normalized spacial score (nSPS) is 16.5. The molecule has 3 rings (SSSR count). The van der Waals surface area contributed by atoms with Gasteiger partial charge in [-0.05, 0) is 54.8 Å². The lowest BCUT2D eigenvalue weighted by Crippen LogP contribution is -2.39. The van der Waals surface area contributed by atoms with Gasteiger partial charge in [0.15, 0.2) is 0 Å². The molecule has 4 heteroatoms. The molecule has 122 valence electrons. The van der Waals surface area contributed by atoms with Crippen LogP contribution >= 0.6 is 0 Å². The second-order valence-electron chi connectivity index (χ2n) is 6.04. The first-order valence-electron chi connectivity index (χ1n) is 7.80. The van der Waals surface area contributed by atoms with Crippen molar-refractivity contribution in [1.82, 2.24) is 0 Å². The number of benzene rings is 2. The van der Waals surface area contributed by atoms with Crippen LogP contribution in [-0.4, -0.2) is 31.9 Å². The molecular weight excluding hydrogens is 290 g/mol. The van der Waals surface area contributed by atoms with E-state index in [1.54, 1.807) is 14.2 Å². The highest BCUT2D eigenvalue weighted by Gasteiger charge is 2.53. The van der Waals surface area contributed by atoms with Crippen molar-refractivity contribution in [3.8, 4) is 11.5 Å². The zero-order chi connectivity index (χ0) is 16.4. The molecule has 0 aromatic heterocycles. The first kappa shape index (κ1) is 15.7. The Morgan fingerprint density at radius 3 is 1.83 bits per heavy atom. The second kappa shape index (κ2) is 6.13. The van der Waals surface area contributed by atoms with Crippen LogP contribution in [0.5, 0.6) is 11.5 Å². The van der Waals surface area contributed by atoms with Crippen molar-refractivity contribution in [2.75, 3.05) is 26.2 Å². The highest BCUT2D eigenvalue weighted by molar-refractivity contribution is 5.53. The summed E-state index contributed by atoms with van der Waals surface area (Å²) < 4.78 is 10.4. The minimum Gasteiger partial charge on any atom is -0.497 e. The molecule has 4 nitrogen and oxygen atoms in total. The van der Waals surface area contributed by atoms with Crippen LogP contribution < -0.4 is 14.4 Å². The average molecular weight is 313 g/mol. The molecular formula is C19H23NO3. The lowest BCUT2D eigenvalue weighted by atomic mass is 9.98. The molecule has 1 unspecified atom stereocenters. The third-order valence-electron chi connectivity index (χ3n) is 4.83. The fourth-order valence-corrected chi connectivity index (χ4v) is 3.08. The SMILES string of the molecule is COc1ccc(C(O)C2(N(C)c3ccc(OC)cc3)CC2)cc1. The summed E-state index contributed by atoms with van der Waals surface area (Å²) >= 11 is 0. The van der Waals surface area contributed by atoms with Crippen LogP contribution in [0.15, 0.2) is 48.5 Å². The first-order valence-corrected chi connectivity index (χ1v) is 7.80. The molecule has 1 atom stereocenters. The van der Waals surface area contributed by atoms with Crippen LogP contribution in [-0.2, 0) is 0 Å². The monoisotopic (exact) mass is 313 g/mol. The van der Waals surface area contributed by atoms with Gasteiger partial charge >= 0.3 is 0 Å². The van der Waals surface area contributed by atoms with E-state index in [2.05, 4.69) is 4.90 Å². The van der Waals surface area contributed by atoms with Gasteiger partial charge in [-0.3, -0.25) is 0 Å². The Labute approximate surface area is 137 Å². The Kier molecular flexibility index (Phi) is 4.18. The van der Waals surface area contributed by atoms with Crippen molar-refractivity contribution >= 4 is 5.69 Å². The molecule has 2 aromatic rings. The molecule has 23 heavy (non-hydrogen) atoms. The van der Waals surface area contributed by atoms with E-state index in [-0.39, 0.29) is 5.54 Å². The zero-order valence-electron chi connectivity index (χ0n) is 13.8. The minimum atomic E-state index is -0.527. The number of methoxy groups -OCH3 is 2. The number of aliphatic hydroxyl groups excluding tert-OH is 1. The topological polar surface area (TPSA) is 41.9 Å². The number of hydrogen-bond donors (Lipinski definition) is 1. The first-order chi connectivity index (χ1) is 11.1. The highest BCUT2D eigenvalue weighted by atomic mass is 16.5. The zero-order valence-corrected chi connectivity index (χ0v) is 13.8. The molecule has 2 aromatic carbocycles. The van der Waals surface area contributed by atoms with Gasteiger partial charge in [-0.1, -0.05) is 12.1 Å². The van der Waals surface area contributed by atoms with E-state index in [4.69, 9.17) is 9.47 Å². The summed E-state index contributed by atoms with van der Waals surface area (Å²) in [6, 6.07) is 15.6. The maximum absolute atomic E-state index is 10.9. The van der Waals surface area contributed by atoms with E-state index < -0.39 is 6.10 Å². The largest absolute Gasteiger partial charge is 0.497 e. The average Bonchev–Trinajstić information content (AvgIpc) is 3.42. The minimum absolute atomic E-state index is 0.233. The van der Waals surface area contributed by atoms with Gasteiger partial charge in [0.05, 0.1) is 19.8 Å². The van der Waals surface area contributed by atoms with Crippen LogP contribution in [0.3, 0.4) is 0 Å². The molecule has 1 aliphatic carbocycles. The van der Waals surface area contributed by atoms with Crippen molar-refractivity contribution in [2.45, 2.75) is 24.5 Å². The Morgan fingerprint density at radius 1 is 0.913 bits per heavy atom. The van der Waals surface area contributed by atoms with Crippen molar-refractivity contribution < 1.29 is 14.6 Å². The standard InChI is InChI=1S/C19H23NO3/c1-20(15-6-10-17(23-3)11-7-15)19(12-13-19)18(21)14-4-8-16(22-2)9-5-14/h4-11,18,21H,12-13H2,1-3H3. The lowest BCUT2D eigenvalue weighted by Gasteiger charge is -2.34. The third kappa shape index (κ3) is 2.86. The quantitative estimate of drug-likeness (QED) is 0.887. The molecule has 0 saturated heterocycles. The number of rotatable bonds is 6. The van der Waals surface area contributed by atoms with E-state index in [0.29, 0.717) is 0 Å². The van der Waals surface area contributed by atoms with Gasteiger partial charge in [-0.15, -0.1) is 0 Å². The molecule has 0 heterocycles. The summed E-state index contributed by atoms with van der Waals surface area (Å²) in [6.45, 7) is 0. The number of likely N-dealkylation sites (N-methyl/N-ethyl adjacent to an activating group) is 1. The Bertz CT molecular complexity index is 592. The van der Waals surface area contributed by atoms with Crippen LogP contribution in [0.25, 0.3) is 0 Å². The molecule has 0 amide bonds. The number of aliphatic hydroxyl groups is 1. The summed E-state index contributed by atoms with van der Waals surface area (Å²) in [6.07, 6.45) is 1.42. The second-order valence-corrected chi connectivity index (χ2v) is 6.04. The van der Waals surface area contributed by atoms with Crippen molar-refractivity contribution in [1.29, 1.82) is 0 Å². The van der Waals surface area contributed by atoms with Crippen LogP contribution in [0.2, 0.25) is 0 Å². The van der Waals surface area contributed by atoms with Gasteiger partial charge < -0.3 is 19.5 Å². The number of anilines is 1. The predicted molar refractivity (Wildman–Crippen MR) is 91.3 cm³/mol. The molecule has 1 N–H and O–H groups in total. The molecule has 1 saturated carbocycles. The summed E-state index contributed by atoms with van der Waals surface area (Å²) in [5, 5.41) is 10.9. The van der Waals surface area contributed by atoms with Crippen molar-refractivity contribution in [3.05, 3.63) is 54.1 Å². The van der Waals surface area contributed by atoms with Gasteiger partial charge in [0.25, 0.3) is 0 Å². The summed E-state index contributed by atoms with van der Waals surface area (Å²) in [5.74, 6) is 1.64. The van der Waals surface area contributed by atoms with Gasteiger partial charge in [-0.2, -0.15) is 0 Å². The van der Waals surface area contributed by atoms with Crippen LogP contribution in [0.1, 0.15) is 24.5 Å². The highest BCUT2D eigenvalue weighted by Crippen LogP contribution is 2.51. The molecule has 0 aliphatic heterocycles. The van der Waals surface area contributed by atoms with E-state index in [1.165, 1.54) is 0 Å². The van der Waals surface area contributed by atoms with Gasteiger partial charge in [0.1, 0.15) is 17.6 Å². The van der Waals surface area contributed by atoms with E-state index in [9.17, 15) is 5.11 Å². The van der Waals surface area contributed by atoms with Crippen molar-refractivity contribution in [3.63, 3.8) is 0 Å². The maximum Gasteiger partial charge on any atom is 0.119 e. The Balaban J connectivity index is 1.81. The lowest BCUT2D eigenvalue weighted by molar-refractivity contribution is 0.133. The Morgan fingerprint density at radius 2 is 1.39 bits per heavy atom. The van der Waals surface area contributed by atoms with Crippen LogP contribution in [0, 0.1) is 0 Å². The van der Waals surface area contributed by atoms with E-state index >= 15 is 0 Å². The Hall–Kier alpha value is -2.20. The number of nitrogens with zero attached hydrogens (tertiary/aromatic N) is 1. The summed E-state index contributed by atoms with van der Waals surface area (Å²) in [5.41, 5.74) is 1.77. The third-order valence-corrected chi connectivity index (χ3v) is 4.83. The molecule has 1 fully saturated rings. The smallest absolute Gasteiger partial charge is 0.119 e. The predicted octanol–water partition coefficient (Wildman–Crippen LogP) is 3.41. The molecule has 0 bridgehead atoms. The molecule has 0 spiro atoms. The molecule has 1 aliphatic rings. The fourth-order valence-electron chi connectivity index (χ4n) is 3.08. The number of ether oxygens (including phenoxy) is 2. The van der Waals surface area contributed by atoms with E-state index in [0.717, 1.165) is 35.6 Å². The fraction of sp³-hybridized carbons (Fsp3) is 0.368. The van der Waals surface area contributed by atoms with Gasteiger partial charge in [0.2, 0.25) is 0 Å². The van der Waals surface area contributed by atoms with Gasteiger partial charge in [-0.25, -0.2) is 0 Å². The summed E-state index contributed by atoms with van der Waals surface area (Å²) in [4.78, 5) is 2.18. The van der Waals surface area contributed by atoms with Gasteiger partial charge in [0, 0.05) is 12.7 Å². The summed E-state index contributed by atoms with van der Waals surface area (Å²) in [7, 11) is 5.35. The van der Waals surface area contributed by atoms with Crippen molar-refractivity contribution in [2.24, 2.45) is 0 Å². The maximum atomic E-state index is 10.9. The van der Waals surface area contributed by atoms with Crippen LogP contribution in [0.4, 0.5) is 5.69 Å².